The maximum atomic E-state index is 12.3. The van der Waals surface area contributed by atoms with Crippen molar-refractivity contribution in [1.82, 2.24) is 0 Å². The first-order chi connectivity index (χ1) is 10.5. The normalized spacial score (nSPS) is 11.8. The number of benzene rings is 2. The van der Waals surface area contributed by atoms with Gasteiger partial charge in [-0.3, -0.25) is 4.79 Å². The lowest BCUT2D eigenvalue weighted by molar-refractivity contribution is -0.116. The molecule has 2 rings (SSSR count). The van der Waals surface area contributed by atoms with E-state index in [0.717, 1.165) is 28.9 Å². The summed E-state index contributed by atoms with van der Waals surface area (Å²) >= 11 is 0. The van der Waals surface area contributed by atoms with Crippen LogP contribution < -0.4 is 10.6 Å². The number of anilines is 2. The third-order valence-electron chi connectivity index (χ3n) is 3.86. The van der Waals surface area contributed by atoms with Crippen molar-refractivity contribution in [3.63, 3.8) is 0 Å². The van der Waals surface area contributed by atoms with Gasteiger partial charge in [0, 0.05) is 11.4 Å². The molecule has 3 heteroatoms. The predicted molar refractivity (Wildman–Crippen MR) is 93.5 cm³/mol. The fourth-order valence-corrected chi connectivity index (χ4v) is 2.40. The van der Waals surface area contributed by atoms with Crippen LogP contribution in [0.5, 0.6) is 0 Å². The fourth-order valence-electron chi connectivity index (χ4n) is 2.40. The minimum atomic E-state index is -0.300. The third-order valence-corrected chi connectivity index (χ3v) is 3.86. The molecule has 22 heavy (non-hydrogen) atoms. The average molecular weight is 296 g/mol. The molecule has 0 saturated carbocycles. The monoisotopic (exact) mass is 296 g/mol. The van der Waals surface area contributed by atoms with Gasteiger partial charge in [0.05, 0.1) is 0 Å². The smallest absolute Gasteiger partial charge is 0.246 e. The van der Waals surface area contributed by atoms with Gasteiger partial charge in [-0.15, -0.1) is 0 Å². The molecule has 0 radical (unpaired) electrons. The van der Waals surface area contributed by atoms with E-state index in [4.69, 9.17) is 0 Å². The van der Waals surface area contributed by atoms with E-state index in [1.54, 1.807) is 0 Å². The average Bonchev–Trinajstić information content (AvgIpc) is 2.51. The molecular weight excluding hydrogens is 272 g/mol. The highest BCUT2D eigenvalue weighted by atomic mass is 16.2. The number of hydrogen-bond acceptors (Lipinski definition) is 2. The van der Waals surface area contributed by atoms with Crippen LogP contribution in [-0.4, -0.2) is 11.9 Å². The van der Waals surface area contributed by atoms with Crippen LogP contribution in [0.2, 0.25) is 0 Å². The standard InChI is InChI=1S/C19H24N2O/c1-5-16-9-11-17(12-10-16)21-19(22)15(4)20-18-13(2)7-6-8-14(18)3/h6-12,15,20H,5H2,1-4H3,(H,21,22). The van der Waals surface area contributed by atoms with Crippen LogP contribution in [0.1, 0.15) is 30.5 Å². The SMILES string of the molecule is CCc1ccc(NC(=O)C(C)Nc2c(C)cccc2C)cc1. The summed E-state index contributed by atoms with van der Waals surface area (Å²) in [5.74, 6) is -0.0353. The van der Waals surface area contributed by atoms with E-state index < -0.39 is 0 Å². The van der Waals surface area contributed by atoms with Crippen LogP contribution in [-0.2, 0) is 11.2 Å². The Kier molecular flexibility index (Phi) is 5.21. The predicted octanol–water partition coefficient (Wildman–Crippen LogP) is 4.30. The summed E-state index contributed by atoms with van der Waals surface area (Å²) in [4.78, 5) is 12.3. The molecule has 0 aliphatic rings. The van der Waals surface area contributed by atoms with E-state index in [1.807, 2.05) is 63.2 Å². The van der Waals surface area contributed by atoms with Crippen LogP contribution in [0.25, 0.3) is 0 Å². The second-order valence-electron chi connectivity index (χ2n) is 5.67. The maximum Gasteiger partial charge on any atom is 0.246 e. The lowest BCUT2D eigenvalue weighted by Gasteiger charge is -2.18. The molecule has 0 heterocycles. The molecule has 0 saturated heterocycles. The second kappa shape index (κ2) is 7.12. The zero-order valence-electron chi connectivity index (χ0n) is 13.7. The summed E-state index contributed by atoms with van der Waals surface area (Å²) in [5, 5.41) is 6.26. The Labute approximate surface area is 132 Å². The molecule has 1 atom stereocenters. The molecule has 0 aliphatic carbocycles. The first kappa shape index (κ1) is 16.1. The molecule has 3 nitrogen and oxygen atoms in total. The quantitative estimate of drug-likeness (QED) is 0.863. The molecule has 2 aromatic carbocycles. The summed E-state index contributed by atoms with van der Waals surface area (Å²) in [6, 6.07) is 13.8. The number of nitrogens with one attached hydrogen (secondary N) is 2. The van der Waals surface area contributed by atoms with Crippen molar-refractivity contribution in [3.05, 3.63) is 59.2 Å². The molecule has 2 aromatic rings. The zero-order valence-corrected chi connectivity index (χ0v) is 13.7. The van der Waals surface area contributed by atoms with Gasteiger partial charge in [-0.2, -0.15) is 0 Å². The minimum absolute atomic E-state index is 0.0353. The van der Waals surface area contributed by atoms with Gasteiger partial charge < -0.3 is 10.6 Å². The highest BCUT2D eigenvalue weighted by Crippen LogP contribution is 2.20. The molecule has 1 unspecified atom stereocenters. The Morgan fingerprint density at radius 2 is 1.64 bits per heavy atom. The molecule has 2 N–H and O–H groups in total. The molecule has 1 amide bonds. The van der Waals surface area contributed by atoms with Crippen molar-refractivity contribution in [2.75, 3.05) is 10.6 Å². The molecule has 0 aromatic heterocycles. The summed E-state index contributed by atoms with van der Waals surface area (Å²) in [7, 11) is 0. The molecule has 0 bridgehead atoms. The number of rotatable bonds is 5. The summed E-state index contributed by atoms with van der Waals surface area (Å²) in [6.45, 7) is 8.08. The Hall–Kier alpha value is -2.29. The van der Waals surface area contributed by atoms with Crippen molar-refractivity contribution in [2.45, 2.75) is 40.2 Å². The highest BCUT2D eigenvalue weighted by Gasteiger charge is 2.14. The van der Waals surface area contributed by atoms with Crippen LogP contribution in [0.4, 0.5) is 11.4 Å². The molecule has 0 aliphatic heterocycles. The minimum Gasteiger partial charge on any atom is -0.373 e. The van der Waals surface area contributed by atoms with Gasteiger partial charge in [0.25, 0.3) is 0 Å². The highest BCUT2D eigenvalue weighted by molar-refractivity contribution is 5.96. The van der Waals surface area contributed by atoms with Gasteiger partial charge in [0.1, 0.15) is 6.04 Å². The summed E-state index contributed by atoms with van der Waals surface area (Å²) < 4.78 is 0. The van der Waals surface area contributed by atoms with Gasteiger partial charge in [-0.25, -0.2) is 0 Å². The van der Waals surface area contributed by atoms with E-state index in [0.29, 0.717) is 0 Å². The van der Waals surface area contributed by atoms with E-state index in [-0.39, 0.29) is 11.9 Å². The van der Waals surface area contributed by atoms with Crippen molar-refractivity contribution in [1.29, 1.82) is 0 Å². The van der Waals surface area contributed by atoms with E-state index in [9.17, 15) is 4.79 Å². The van der Waals surface area contributed by atoms with E-state index in [1.165, 1.54) is 5.56 Å². The van der Waals surface area contributed by atoms with Crippen molar-refractivity contribution in [2.24, 2.45) is 0 Å². The number of hydrogen-bond donors (Lipinski definition) is 2. The largest absolute Gasteiger partial charge is 0.373 e. The van der Waals surface area contributed by atoms with Crippen molar-refractivity contribution >= 4 is 17.3 Å². The lowest BCUT2D eigenvalue weighted by atomic mass is 10.1. The van der Waals surface area contributed by atoms with Crippen LogP contribution in [0, 0.1) is 13.8 Å². The van der Waals surface area contributed by atoms with Crippen LogP contribution >= 0.6 is 0 Å². The first-order valence-corrected chi connectivity index (χ1v) is 7.73. The van der Waals surface area contributed by atoms with Crippen LogP contribution in [0.15, 0.2) is 42.5 Å². The van der Waals surface area contributed by atoms with Crippen molar-refractivity contribution < 1.29 is 4.79 Å². The van der Waals surface area contributed by atoms with Gasteiger partial charge in [-0.05, 0) is 56.0 Å². The summed E-state index contributed by atoms with van der Waals surface area (Å²) in [5.41, 5.74) is 5.42. The number of carbonyl (C=O) groups excluding carboxylic acids is 1. The molecule has 116 valence electrons. The fraction of sp³-hybridized carbons (Fsp3) is 0.316. The number of amides is 1. The Bertz CT molecular complexity index is 627. The Balaban J connectivity index is 2.02. The second-order valence-corrected chi connectivity index (χ2v) is 5.67. The number of carbonyl (C=O) groups is 1. The Morgan fingerprint density at radius 3 is 2.18 bits per heavy atom. The van der Waals surface area contributed by atoms with Gasteiger partial charge in [0.15, 0.2) is 0 Å². The lowest BCUT2D eigenvalue weighted by Crippen LogP contribution is -2.32. The zero-order chi connectivity index (χ0) is 16.1. The number of para-hydroxylation sites is 1. The van der Waals surface area contributed by atoms with Gasteiger partial charge >= 0.3 is 0 Å². The molecular formula is C19H24N2O. The third kappa shape index (κ3) is 3.88. The Morgan fingerprint density at radius 1 is 1.05 bits per heavy atom. The van der Waals surface area contributed by atoms with Gasteiger partial charge in [-0.1, -0.05) is 37.3 Å². The van der Waals surface area contributed by atoms with Crippen molar-refractivity contribution in [3.8, 4) is 0 Å². The molecule has 0 spiro atoms. The maximum absolute atomic E-state index is 12.3. The topological polar surface area (TPSA) is 41.1 Å². The summed E-state index contributed by atoms with van der Waals surface area (Å²) in [6.07, 6.45) is 0.999. The first-order valence-electron chi connectivity index (χ1n) is 7.73. The van der Waals surface area contributed by atoms with Crippen LogP contribution in [0.3, 0.4) is 0 Å². The van der Waals surface area contributed by atoms with Gasteiger partial charge in [0.2, 0.25) is 5.91 Å². The van der Waals surface area contributed by atoms with E-state index in [2.05, 4.69) is 17.6 Å². The molecule has 0 fully saturated rings. The van der Waals surface area contributed by atoms with E-state index >= 15 is 0 Å². The number of aryl methyl sites for hydroxylation is 3.